The van der Waals surface area contributed by atoms with E-state index in [1.165, 1.54) is 12.8 Å². The van der Waals surface area contributed by atoms with Gasteiger partial charge >= 0.3 is 0 Å². The number of rotatable bonds is 10. The standard InChI is InChI=1S/C32H34N2O3/c1-36-30-17-16-26(22-31(30)37-24-25-10-3-2-4-11-25)23-34(21-20-33-18-7-8-19-33)32(35)29-15-9-13-27-12-5-6-14-28(27)29/h2-6,9-17,22H,7-8,18-21,23-24H2,1H3. The van der Waals surface area contributed by atoms with Crippen LogP contribution in [0.4, 0.5) is 0 Å². The van der Waals surface area contributed by atoms with Crippen LogP contribution in [-0.2, 0) is 13.2 Å². The van der Waals surface area contributed by atoms with Crippen LogP contribution in [-0.4, -0.2) is 49.0 Å². The second-order valence-electron chi connectivity index (χ2n) is 9.56. The Bertz CT molecular complexity index is 1330. The van der Waals surface area contributed by atoms with E-state index in [9.17, 15) is 4.79 Å². The van der Waals surface area contributed by atoms with Crippen LogP contribution in [0.15, 0.2) is 91.0 Å². The summed E-state index contributed by atoms with van der Waals surface area (Å²) in [5.74, 6) is 1.42. The third kappa shape index (κ3) is 6.12. The smallest absolute Gasteiger partial charge is 0.254 e. The molecule has 1 aliphatic heterocycles. The number of benzene rings is 4. The minimum absolute atomic E-state index is 0.0542. The van der Waals surface area contributed by atoms with Crippen LogP contribution in [0.5, 0.6) is 11.5 Å². The maximum atomic E-state index is 13.9. The number of fused-ring (bicyclic) bond motifs is 1. The number of methoxy groups -OCH3 is 1. The quantitative estimate of drug-likeness (QED) is 0.265. The zero-order valence-electron chi connectivity index (χ0n) is 21.4. The average molecular weight is 495 g/mol. The van der Waals surface area contributed by atoms with Gasteiger partial charge in [-0.25, -0.2) is 0 Å². The van der Waals surface area contributed by atoms with E-state index in [4.69, 9.17) is 9.47 Å². The number of hydrogen-bond donors (Lipinski definition) is 0. The molecule has 0 aromatic heterocycles. The molecule has 5 rings (SSSR count). The van der Waals surface area contributed by atoms with Gasteiger partial charge in [-0.05, 0) is 66.0 Å². The van der Waals surface area contributed by atoms with Gasteiger partial charge in [-0.1, -0.05) is 72.8 Å². The van der Waals surface area contributed by atoms with Crippen LogP contribution in [0.1, 0.15) is 34.3 Å². The lowest BCUT2D eigenvalue weighted by Gasteiger charge is -2.26. The Morgan fingerprint density at radius 2 is 1.59 bits per heavy atom. The zero-order chi connectivity index (χ0) is 25.5. The molecule has 1 saturated heterocycles. The predicted octanol–water partition coefficient (Wildman–Crippen LogP) is 6.17. The second kappa shape index (κ2) is 11.9. The van der Waals surface area contributed by atoms with Crippen molar-refractivity contribution in [2.45, 2.75) is 26.0 Å². The van der Waals surface area contributed by atoms with Gasteiger partial charge in [0.25, 0.3) is 5.91 Å². The van der Waals surface area contributed by atoms with Crippen molar-refractivity contribution < 1.29 is 14.3 Å². The molecule has 4 aromatic rings. The first-order valence-electron chi connectivity index (χ1n) is 13.0. The van der Waals surface area contributed by atoms with Gasteiger partial charge in [0, 0.05) is 25.2 Å². The number of nitrogens with zero attached hydrogens (tertiary/aromatic N) is 2. The number of ether oxygens (including phenoxy) is 2. The molecule has 37 heavy (non-hydrogen) atoms. The van der Waals surface area contributed by atoms with E-state index in [0.717, 1.165) is 47.1 Å². The number of hydrogen-bond acceptors (Lipinski definition) is 4. The van der Waals surface area contributed by atoms with Crippen LogP contribution in [0.3, 0.4) is 0 Å². The first-order chi connectivity index (χ1) is 18.2. The largest absolute Gasteiger partial charge is 0.493 e. The van der Waals surface area contributed by atoms with Gasteiger partial charge in [0.15, 0.2) is 11.5 Å². The Morgan fingerprint density at radius 3 is 2.41 bits per heavy atom. The highest BCUT2D eigenvalue weighted by molar-refractivity contribution is 6.07. The highest BCUT2D eigenvalue weighted by Gasteiger charge is 2.21. The fraction of sp³-hybridized carbons (Fsp3) is 0.281. The number of carbonyl (C=O) groups excluding carboxylic acids is 1. The fourth-order valence-corrected chi connectivity index (χ4v) is 4.99. The summed E-state index contributed by atoms with van der Waals surface area (Å²) >= 11 is 0. The Kier molecular flexibility index (Phi) is 8.02. The molecular weight excluding hydrogens is 460 g/mol. The molecule has 1 aliphatic rings. The Labute approximate surface area is 219 Å². The molecule has 0 N–H and O–H groups in total. The van der Waals surface area contributed by atoms with E-state index >= 15 is 0 Å². The molecule has 4 aromatic carbocycles. The van der Waals surface area contributed by atoms with Crippen molar-refractivity contribution in [1.82, 2.24) is 9.80 Å². The second-order valence-corrected chi connectivity index (χ2v) is 9.56. The minimum Gasteiger partial charge on any atom is -0.493 e. The summed E-state index contributed by atoms with van der Waals surface area (Å²) in [5.41, 5.74) is 2.85. The molecule has 5 heteroatoms. The molecule has 0 spiro atoms. The molecule has 190 valence electrons. The molecule has 0 unspecified atom stereocenters. The summed E-state index contributed by atoms with van der Waals surface area (Å²) in [4.78, 5) is 18.4. The van der Waals surface area contributed by atoms with Gasteiger partial charge in [-0.15, -0.1) is 0 Å². The van der Waals surface area contributed by atoms with Crippen molar-refractivity contribution >= 4 is 16.7 Å². The van der Waals surface area contributed by atoms with E-state index in [2.05, 4.69) is 17.0 Å². The van der Waals surface area contributed by atoms with Crippen LogP contribution < -0.4 is 9.47 Å². The Morgan fingerprint density at radius 1 is 0.838 bits per heavy atom. The fourth-order valence-electron chi connectivity index (χ4n) is 4.99. The SMILES string of the molecule is COc1ccc(CN(CCN2CCCC2)C(=O)c2cccc3ccccc23)cc1OCc1ccccc1. The summed E-state index contributed by atoms with van der Waals surface area (Å²) in [6.07, 6.45) is 2.47. The summed E-state index contributed by atoms with van der Waals surface area (Å²) in [5, 5.41) is 2.07. The maximum Gasteiger partial charge on any atom is 0.254 e. The van der Waals surface area contributed by atoms with E-state index in [-0.39, 0.29) is 5.91 Å². The highest BCUT2D eigenvalue weighted by Crippen LogP contribution is 2.30. The predicted molar refractivity (Wildman–Crippen MR) is 148 cm³/mol. The van der Waals surface area contributed by atoms with Crippen molar-refractivity contribution in [2.75, 3.05) is 33.3 Å². The van der Waals surface area contributed by atoms with Gasteiger partial charge in [-0.3, -0.25) is 4.79 Å². The Hall–Kier alpha value is -3.83. The summed E-state index contributed by atoms with van der Waals surface area (Å²) in [6, 6.07) is 30.1. The van der Waals surface area contributed by atoms with Gasteiger partial charge in [0.05, 0.1) is 7.11 Å². The number of likely N-dealkylation sites (tertiary alicyclic amines) is 1. The third-order valence-electron chi connectivity index (χ3n) is 7.03. The number of amides is 1. The van der Waals surface area contributed by atoms with Crippen molar-refractivity contribution in [2.24, 2.45) is 0 Å². The van der Waals surface area contributed by atoms with Gasteiger partial charge < -0.3 is 19.3 Å². The monoisotopic (exact) mass is 494 g/mol. The van der Waals surface area contributed by atoms with Crippen molar-refractivity contribution in [3.05, 3.63) is 108 Å². The lowest BCUT2D eigenvalue weighted by molar-refractivity contribution is 0.0729. The Balaban J connectivity index is 1.39. The first kappa shape index (κ1) is 24.8. The van der Waals surface area contributed by atoms with E-state index in [1.807, 2.05) is 83.8 Å². The minimum atomic E-state index is 0.0542. The van der Waals surface area contributed by atoms with E-state index in [1.54, 1.807) is 7.11 Å². The highest BCUT2D eigenvalue weighted by atomic mass is 16.5. The molecule has 0 atom stereocenters. The van der Waals surface area contributed by atoms with Crippen molar-refractivity contribution in [3.63, 3.8) is 0 Å². The van der Waals surface area contributed by atoms with Crippen LogP contribution in [0.25, 0.3) is 10.8 Å². The van der Waals surface area contributed by atoms with E-state index < -0.39 is 0 Å². The zero-order valence-corrected chi connectivity index (χ0v) is 21.4. The summed E-state index contributed by atoms with van der Waals surface area (Å²) in [6.45, 7) is 4.72. The van der Waals surface area contributed by atoms with Gasteiger partial charge in [0.2, 0.25) is 0 Å². The topological polar surface area (TPSA) is 42.0 Å². The third-order valence-corrected chi connectivity index (χ3v) is 7.03. The van der Waals surface area contributed by atoms with Crippen molar-refractivity contribution in [1.29, 1.82) is 0 Å². The van der Waals surface area contributed by atoms with Crippen molar-refractivity contribution in [3.8, 4) is 11.5 Å². The van der Waals surface area contributed by atoms with E-state index in [0.29, 0.717) is 31.2 Å². The first-order valence-corrected chi connectivity index (χ1v) is 13.0. The molecule has 0 saturated carbocycles. The molecular formula is C32H34N2O3. The molecule has 0 aliphatic carbocycles. The normalized spacial score (nSPS) is 13.5. The molecule has 1 heterocycles. The lowest BCUT2D eigenvalue weighted by atomic mass is 10.0. The molecule has 1 fully saturated rings. The maximum absolute atomic E-state index is 13.9. The molecule has 5 nitrogen and oxygen atoms in total. The molecule has 1 amide bonds. The number of carbonyl (C=O) groups is 1. The van der Waals surface area contributed by atoms with Gasteiger partial charge in [0.1, 0.15) is 6.61 Å². The summed E-state index contributed by atoms with van der Waals surface area (Å²) < 4.78 is 11.7. The summed E-state index contributed by atoms with van der Waals surface area (Å²) in [7, 11) is 1.65. The van der Waals surface area contributed by atoms with Crippen LogP contribution in [0.2, 0.25) is 0 Å². The van der Waals surface area contributed by atoms with Crippen LogP contribution >= 0.6 is 0 Å². The molecule has 0 bridgehead atoms. The van der Waals surface area contributed by atoms with Gasteiger partial charge in [-0.2, -0.15) is 0 Å². The van der Waals surface area contributed by atoms with Crippen LogP contribution in [0, 0.1) is 0 Å². The lowest BCUT2D eigenvalue weighted by Crippen LogP contribution is -2.37. The average Bonchev–Trinajstić information content (AvgIpc) is 3.48. The molecule has 0 radical (unpaired) electrons.